The maximum absolute atomic E-state index is 12.8. The third-order valence-electron chi connectivity index (χ3n) is 3.54. The molecule has 0 unspecified atom stereocenters. The molecule has 140 valence electrons. The van der Waals surface area contributed by atoms with E-state index in [1.807, 2.05) is 0 Å². The fraction of sp³-hybridized carbons (Fsp3) is 0.167. The summed E-state index contributed by atoms with van der Waals surface area (Å²) in [4.78, 5) is 35.4. The molecule has 2 N–H and O–H groups in total. The smallest absolute Gasteiger partial charge is 0.338 e. The molecule has 2 aromatic carbocycles. The average molecular weight is 374 g/mol. The number of hydrogen-bond donors (Lipinski definition) is 2. The Hall–Kier alpha value is -3.62. The van der Waals surface area contributed by atoms with E-state index in [0.717, 1.165) is 12.1 Å². The Labute approximate surface area is 153 Å². The highest BCUT2D eigenvalue weighted by Gasteiger charge is 2.27. The second kappa shape index (κ2) is 8.17. The van der Waals surface area contributed by atoms with E-state index in [2.05, 4.69) is 10.9 Å². The van der Waals surface area contributed by atoms with Crippen molar-refractivity contribution in [1.82, 2.24) is 10.9 Å². The number of fused-ring (bicyclic) bond motifs is 1. The Kier molecular flexibility index (Phi) is 5.50. The summed E-state index contributed by atoms with van der Waals surface area (Å²) in [6, 6.07) is 11.5. The molecule has 1 aliphatic rings. The third kappa shape index (κ3) is 4.72. The first kappa shape index (κ1) is 18.2. The van der Waals surface area contributed by atoms with E-state index in [-0.39, 0.29) is 12.2 Å². The van der Waals surface area contributed by atoms with Crippen LogP contribution in [0.3, 0.4) is 0 Å². The molecule has 2 amide bonds. The zero-order chi connectivity index (χ0) is 19.2. The van der Waals surface area contributed by atoms with Crippen LogP contribution in [0.2, 0.25) is 0 Å². The van der Waals surface area contributed by atoms with Crippen LogP contribution in [0, 0.1) is 5.82 Å². The number of nitrogens with one attached hydrogen (secondary N) is 2. The molecule has 0 saturated carbocycles. The van der Waals surface area contributed by atoms with E-state index in [4.69, 9.17) is 14.2 Å². The zero-order valence-corrected chi connectivity index (χ0v) is 13.9. The van der Waals surface area contributed by atoms with Crippen LogP contribution < -0.4 is 20.3 Å². The number of esters is 1. The van der Waals surface area contributed by atoms with Crippen molar-refractivity contribution in [3.63, 3.8) is 0 Å². The number of ether oxygens (including phenoxy) is 3. The van der Waals surface area contributed by atoms with E-state index in [1.54, 1.807) is 24.3 Å². The zero-order valence-electron chi connectivity index (χ0n) is 13.9. The number of amides is 2. The van der Waals surface area contributed by atoms with Crippen molar-refractivity contribution in [2.75, 3.05) is 13.2 Å². The highest BCUT2D eigenvalue weighted by molar-refractivity contribution is 5.91. The molecular weight excluding hydrogens is 359 g/mol. The van der Waals surface area contributed by atoms with Crippen LogP contribution in [-0.2, 0) is 14.3 Å². The fourth-order valence-electron chi connectivity index (χ4n) is 2.20. The van der Waals surface area contributed by atoms with Crippen molar-refractivity contribution in [2.24, 2.45) is 0 Å². The molecule has 0 saturated heterocycles. The molecule has 0 spiro atoms. The molecule has 9 heteroatoms. The predicted octanol–water partition coefficient (Wildman–Crippen LogP) is 0.970. The van der Waals surface area contributed by atoms with Gasteiger partial charge in [0.15, 0.2) is 18.1 Å². The van der Waals surface area contributed by atoms with Crippen molar-refractivity contribution in [3.05, 3.63) is 59.9 Å². The lowest BCUT2D eigenvalue weighted by Gasteiger charge is -2.25. The lowest BCUT2D eigenvalue weighted by molar-refractivity contribution is -0.135. The standard InChI is InChI=1S/C18H15FN2O6/c19-12-7-5-11(6-8-12)18(24)26-10-16(22)20-21-17(23)15-9-25-13-3-1-2-4-14(13)27-15/h1-8,15H,9-10H2,(H,20,22)(H,21,23)/t15-/m1/s1. The second-order valence-electron chi connectivity index (χ2n) is 5.48. The molecule has 3 rings (SSSR count). The van der Waals surface area contributed by atoms with Gasteiger partial charge in [0, 0.05) is 0 Å². The van der Waals surface area contributed by atoms with E-state index in [0.29, 0.717) is 11.5 Å². The number of rotatable bonds is 4. The van der Waals surface area contributed by atoms with Crippen molar-refractivity contribution in [3.8, 4) is 11.5 Å². The molecule has 0 bridgehead atoms. The normalized spacial score (nSPS) is 14.8. The molecule has 1 heterocycles. The second-order valence-corrected chi connectivity index (χ2v) is 5.48. The van der Waals surface area contributed by atoms with Gasteiger partial charge in [-0.15, -0.1) is 0 Å². The molecule has 27 heavy (non-hydrogen) atoms. The Bertz CT molecular complexity index is 855. The molecule has 0 fully saturated rings. The number of hydrazine groups is 1. The van der Waals surface area contributed by atoms with E-state index in [9.17, 15) is 18.8 Å². The largest absolute Gasteiger partial charge is 0.485 e. The number of carbonyl (C=O) groups is 3. The number of carbonyl (C=O) groups excluding carboxylic acids is 3. The molecule has 2 aromatic rings. The Morgan fingerprint density at radius 2 is 1.74 bits per heavy atom. The molecule has 0 aliphatic carbocycles. The van der Waals surface area contributed by atoms with Crippen LogP contribution in [0.1, 0.15) is 10.4 Å². The molecule has 1 atom stereocenters. The first-order valence-electron chi connectivity index (χ1n) is 7.93. The third-order valence-corrected chi connectivity index (χ3v) is 3.54. The van der Waals surface area contributed by atoms with Gasteiger partial charge >= 0.3 is 5.97 Å². The van der Waals surface area contributed by atoms with Crippen molar-refractivity contribution < 1.29 is 33.0 Å². The van der Waals surface area contributed by atoms with Gasteiger partial charge in [0.25, 0.3) is 11.8 Å². The van der Waals surface area contributed by atoms with Gasteiger partial charge in [-0.3, -0.25) is 20.4 Å². The van der Waals surface area contributed by atoms with Crippen LogP contribution >= 0.6 is 0 Å². The summed E-state index contributed by atoms with van der Waals surface area (Å²) in [6.45, 7) is -0.639. The summed E-state index contributed by atoms with van der Waals surface area (Å²) in [7, 11) is 0. The van der Waals surface area contributed by atoms with Crippen LogP contribution in [0.15, 0.2) is 48.5 Å². The quantitative estimate of drug-likeness (QED) is 0.611. The first-order valence-corrected chi connectivity index (χ1v) is 7.93. The van der Waals surface area contributed by atoms with E-state index >= 15 is 0 Å². The highest BCUT2D eigenvalue weighted by Crippen LogP contribution is 2.30. The summed E-state index contributed by atoms with van der Waals surface area (Å²) in [6.07, 6.45) is -0.943. The fourth-order valence-corrected chi connectivity index (χ4v) is 2.20. The van der Waals surface area contributed by atoms with Gasteiger partial charge in [-0.25, -0.2) is 9.18 Å². The Morgan fingerprint density at radius 1 is 1.04 bits per heavy atom. The Balaban J connectivity index is 1.42. The summed E-state index contributed by atoms with van der Waals surface area (Å²) in [5.74, 6) is -1.72. The van der Waals surface area contributed by atoms with Crippen LogP contribution in [-0.4, -0.2) is 37.1 Å². The maximum Gasteiger partial charge on any atom is 0.338 e. The SMILES string of the molecule is O=C(COC(=O)c1ccc(F)cc1)NNC(=O)[C@H]1COc2ccccc2O1. The summed E-state index contributed by atoms with van der Waals surface area (Å²) < 4.78 is 28.5. The predicted molar refractivity (Wildman–Crippen MR) is 89.3 cm³/mol. The van der Waals surface area contributed by atoms with Crippen molar-refractivity contribution in [2.45, 2.75) is 6.10 Å². The number of benzene rings is 2. The van der Waals surface area contributed by atoms with Gasteiger partial charge in [0.2, 0.25) is 6.10 Å². The van der Waals surface area contributed by atoms with Crippen LogP contribution in [0.4, 0.5) is 4.39 Å². The monoisotopic (exact) mass is 374 g/mol. The minimum Gasteiger partial charge on any atom is -0.485 e. The van der Waals surface area contributed by atoms with Crippen LogP contribution in [0.5, 0.6) is 11.5 Å². The van der Waals surface area contributed by atoms with Crippen LogP contribution in [0.25, 0.3) is 0 Å². The minimum absolute atomic E-state index is 0.0156. The molecular formula is C18H15FN2O6. The summed E-state index contributed by atoms with van der Waals surface area (Å²) in [5, 5.41) is 0. The number of halogens is 1. The number of para-hydroxylation sites is 2. The highest BCUT2D eigenvalue weighted by atomic mass is 19.1. The average Bonchev–Trinajstić information content (AvgIpc) is 2.70. The minimum atomic E-state index is -0.943. The van der Waals surface area contributed by atoms with Gasteiger partial charge < -0.3 is 14.2 Å². The van der Waals surface area contributed by atoms with Crippen molar-refractivity contribution in [1.29, 1.82) is 0 Å². The first-order chi connectivity index (χ1) is 13.0. The van der Waals surface area contributed by atoms with Gasteiger partial charge in [-0.1, -0.05) is 12.1 Å². The van der Waals surface area contributed by atoms with Gasteiger partial charge in [-0.2, -0.15) is 0 Å². The molecule has 0 radical (unpaired) electrons. The number of hydrogen-bond acceptors (Lipinski definition) is 6. The van der Waals surface area contributed by atoms with Gasteiger partial charge in [0.05, 0.1) is 5.56 Å². The van der Waals surface area contributed by atoms with Gasteiger partial charge in [-0.05, 0) is 36.4 Å². The molecule has 8 nitrogen and oxygen atoms in total. The molecule has 1 aliphatic heterocycles. The van der Waals surface area contributed by atoms with E-state index < -0.39 is 36.3 Å². The maximum atomic E-state index is 12.8. The lowest BCUT2D eigenvalue weighted by atomic mass is 10.2. The topological polar surface area (TPSA) is 103 Å². The Morgan fingerprint density at radius 3 is 2.48 bits per heavy atom. The summed E-state index contributed by atoms with van der Waals surface area (Å²) in [5.41, 5.74) is 4.37. The van der Waals surface area contributed by atoms with E-state index in [1.165, 1.54) is 12.1 Å². The summed E-state index contributed by atoms with van der Waals surface area (Å²) >= 11 is 0. The molecule has 0 aromatic heterocycles. The lowest BCUT2D eigenvalue weighted by Crippen LogP contribution is -2.51. The van der Waals surface area contributed by atoms with Gasteiger partial charge in [0.1, 0.15) is 12.4 Å². The van der Waals surface area contributed by atoms with Crippen molar-refractivity contribution >= 4 is 17.8 Å².